The Balaban J connectivity index is 1.93. The molecule has 0 aliphatic heterocycles. The molecule has 0 amide bonds. The van der Waals surface area contributed by atoms with Gasteiger partial charge in [0.2, 0.25) is 5.89 Å². The number of hydrogen-bond donors (Lipinski definition) is 2. The van der Waals surface area contributed by atoms with Gasteiger partial charge in [0.1, 0.15) is 11.5 Å². The largest absolute Gasteiger partial charge is 0.494 e. The molecule has 0 fully saturated rings. The number of nitrogens with zero attached hydrogens (tertiary/aromatic N) is 2. The lowest BCUT2D eigenvalue weighted by Gasteiger charge is -2.15. The lowest BCUT2D eigenvalue weighted by atomic mass is 9.94. The molecule has 0 unspecified atom stereocenters. The van der Waals surface area contributed by atoms with Gasteiger partial charge in [0.25, 0.3) is 0 Å². The van der Waals surface area contributed by atoms with Crippen LogP contribution in [0.25, 0.3) is 0 Å². The van der Waals surface area contributed by atoms with Crippen molar-refractivity contribution in [1.82, 2.24) is 15.6 Å². The number of oxazole rings is 1. The Labute approximate surface area is 156 Å². The number of ether oxygens (including phenoxy) is 1. The van der Waals surface area contributed by atoms with Crippen LogP contribution in [0.5, 0.6) is 5.75 Å². The summed E-state index contributed by atoms with van der Waals surface area (Å²) in [5.41, 5.74) is 2.22. The third kappa shape index (κ3) is 5.51. The highest BCUT2D eigenvalue weighted by molar-refractivity contribution is 5.79. The molecule has 6 nitrogen and oxygen atoms in total. The van der Waals surface area contributed by atoms with Gasteiger partial charge in [-0.25, -0.2) is 4.98 Å². The molecule has 0 bridgehead atoms. The van der Waals surface area contributed by atoms with Crippen molar-refractivity contribution in [3.05, 3.63) is 47.2 Å². The van der Waals surface area contributed by atoms with E-state index in [1.165, 1.54) is 5.56 Å². The fraction of sp³-hybridized carbons (Fsp3) is 0.500. The first kappa shape index (κ1) is 19.8. The summed E-state index contributed by atoms with van der Waals surface area (Å²) < 4.78 is 11.5. The molecule has 0 saturated carbocycles. The molecule has 1 aromatic heterocycles. The van der Waals surface area contributed by atoms with Gasteiger partial charge in [0.15, 0.2) is 5.96 Å². The molecule has 2 aromatic rings. The quantitative estimate of drug-likeness (QED) is 0.610. The Morgan fingerprint density at radius 1 is 1.23 bits per heavy atom. The van der Waals surface area contributed by atoms with E-state index < -0.39 is 0 Å². The molecule has 0 saturated heterocycles. The maximum Gasteiger partial charge on any atom is 0.213 e. The van der Waals surface area contributed by atoms with Crippen molar-refractivity contribution in [2.24, 2.45) is 4.99 Å². The van der Waals surface area contributed by atoms with Crippen LogP contribution in [0.2, 0.25) is 0 Å². The SMILES string of the molecule is CCOc1cc(C)ccc1CNC(=NC)NCc1ncc(C(C)(C)C)o1. The van der Waals surface area contributed by atoms with Gasteiger partial charge in [-0.2, -0.15) is 0 Å². The normalized spacial score (nSPS) is 12.2. The first-order valence-corrected chi connectivity index (χ1v) is 8.95. The Morgan fingerprint density at radius 2 is 1.96 bits per heavy atom. The van der Waals surface area contributed by atoms with Crippen LogP contribution >= 0.6 is 0 Å². The maximum absolute atomic E-state index is 5.79. The Morgan fingerprint density at radius 3 is 2.58 bits per heavy atom. The zero-order valence-corrected chi connectivity index (χ0v) is 16.6. The molecule has 26 heavy (non-hydrogen) atoms. The van der Waals surface area contributed by atoms with Gasteiger partial charge in [-0.3, -0.25) is 4.99 Å². The highest BCUT2D eigenvalue weighted by Crippen LogP contribution is 2.22. The summed E-state index contributed by atoms with van der Waals surface area (Å²) in [7, 11) is 1.74. The molecule has 0 aliphatic carbocycles. The molecule has 0 atom stereocenters. The van der Waals surface area contributed by atoms with Crippen LogP contribution in [0.4, 0.5) is 0 Å². The number of nitrogens with one attached hydrogen (secondary N) is 2. The van der Waals surface area contributed by atoms with Crippen molar-refractivity contribution in [3.8, 4) is 5.75 Å². The minimum Gasteiger partial charge on any atom is -0.494 e. The Bertz CT molecular complexity index is 745. The summed E-state index contributed by atoms with van der Waals surface area (Å²) in [5, 5.41) is 6.53. The summed E-state index contributed by atoms with van der Waals surface area (Å²) >= 11 is 0. The Kier molecular flexibility index (Phi) is 6.66. The van der Waals surface area contributed by atoms with Gasteiger partial charge >= 0.3 is 0 Å². The number of aliphatic imine (C=N–C) groups is 1. The lowest BCUT2D eigenvalue weighted by molar-refractivity contribution is 0.336. The molecule has 0 spiro atoms. The van der Waals surface area contributed by atoms with E-state index in [0.717, 1.165) is 17.1 Å². The fourth-order valence-electron chi connectivity index (χ4n) is 2.40. The summed E-state index contributed by atoms with van der Waals surface area (Å²) in [6.45, 7) is 12.1. The number of guanidine groups is 1. The zero-order valence-electron chi connectivity index (χ0n) is 16.6. The standard InChI is InChI=1S/C20H30N4O2/c1-7-25-16-10-14(2)8-9-15(16)11-23-19(21-6)24-13-18-22-12-17(26-18)20(3,4)5/h8-10,12H,7,11,13H2,1-6H3,(H2,21,23,24). The fourth-order valence-corrected chi connectivity index (χ4v) is 2.40. The third-order valence-electron chi connectivity index (χ3n) is 3.89. The Hall–Kier alpha value is -2.50. The summed E-state index contributed by atoms with van der Waals surface area (Å²) in [6.07, 6.45) is 1.79. The third-order valence-corrected chi connectivity index (χ3v) is 3.89. The van der Waals surface area contributed by atoms with Crippen molar-refractivity contribution in [3.63, 3.8) is 0 Å². The van der Waals surface area contributed by atoms with E-state index in [0.29, 0.717) is 31.5 Å². The lowest BCUT2D eigenvalue weighted by Crippen LogP contribution is -2.36. The van der Waals surface area contributed by atoms with Crippen LogP contribution in [0.15, 0.2) is 33.8 Å². The van der Waals surface area contributed by atoms with Crippen LogP contribution < -0.4 is 15.4 Å². The number of benzene rings is 1. The van der Waals surface area contributed by atoms with Gasteiger partial charge in [-0.1, -0.05) is 32.9 Å². The predicted octanol–water partition coefficient (Wildman–Crippen LogP) is 3.54. The summed E-state index contributed by atoms with van der Waals surface area (Å²) in [5.74, 6) is 3.10. The molecule has 142 valence electrons. The average molecular weight is 358 g/mol. The van der Waals surface area contributed by atoms with Gasteiger partial charge < -0.3 is 19.8 Å². The van der Waals surface area contributed by atoms with E-state index in [2.05, 4.69) is 66.5 Å². The molecular formula is C20H30N4O2. The number of aryl methyl sites for hydroxylation is 1. The van der Waals surface area contributed by atoms with Crippen LogP contribution in [0.3, 0.4) is 0 Å². The molecule has 0 aliphatic rings. The van der Waals surface area contributed by atoms with E-state index in [1.807, 2.05) is 6.92 Å². The smallest absolute Gasteiger partial charge is 0.213 e. The molecule has 1 heterocycles. The highest BCUT2D eigenvalue weighted by atomic mass is 16.5. The van der Waals surface area contributed by atoms with E-state index in [1.54, 1.807) is 13.2 Å². The van der Waals surface area contributed by atoms with Crippen molar-refractivity contribution in [2.45, 2.75) is 53.1 Å². The second-order valence-electron chi connectivity index (χ2n) is 7.19. The van der Waals surface area contributed by atoms with E-state index in [4.69, 9.17) is 9.15 Å². The first-order valence-electron chi connectivity index (χ1n) is 8.95. The summed E-state index contributed by atoms with van der Waals surface area (Å²) in [4.78, 5) is 8.57. The first-order chi connectivity index (χ1) is 12.3. The minimum atomic E-state index is -0.0493. The second kappa shape index (κ2) is 8.74. The average Bonchev–Trinajstić information content (AvgIpc) is 3.06. The van der Waals surface area contributed by atoms with Crippen molar-refractivity contribution in [1.29, 1.82) is 0 Å². The molecule has 1 aromatic carbocycles. The van der Waals surface area contributed by atoms with E-state index >= 15 is 0 Å². The summed E-state index contributed by atoms with van der Waals surface area (Å²) in [6, 6.07) is 6.21. The minimum absolute atomic E-state index is 0.0493. The molecule has 0 radical (unpaired) electrons. The van der Waals surface area contributed by atoms with Crippen molar-refractivity contribution >= 4 is 5.96 Å². The van der Waals surface area contributed by atoms with Gasteiger partial charge in [0, 0.05) is 24.6 Å². The number of hydrogen-bond acceptors (Lipinski definition) is 4. The predicted molar refractivity (Wildman–Crippen MR) is 105 cm³/mol. The highest BCUT2D eigenvalue weighted by Gasteiger charge is 2.19. The molecular weight excluding hydrogens is 328 g/mol. The zero-order chi connectivity index (χ0) is 19.2. The van der Waals surface area contributed by atoms with Gasteiger partial charge in [-0.15, -0.1) is 0 Å². The van der Waals surface area contributed by atoms with Gasteiger partial charge in [0.05, 0.1) is 19.3 Å². The molecule has 2 N–H and O–H groups in total. The number of rotatable bonds is 6. The second-order valence-corrected chi connectivity index (χ2v) is 7.19. The van der Waals surface area contributed by atoms with Crippen molar-refractivity contribution < 1.29 is 9.15 Å². The number of aromatic nitrogens is 1. The topological polar surface area (TPSA) is 71.7 Å². The van der Waals surface area contributed by atoms with E-state index in [-0.39, 0.29) is 5.41 Å². The van der Waals surface area contributed by atoms with Crippen LogP contribution in [-0.2, 0) is 18.5 Å². The molecule has 6 heteroatoms. The van der Waals surface area contributed by atoms with Crippen LogP contribution in [0.1, 0.15) is 50.5 Å². The van der Waals surface area contributed by atoms with Crippen LogP contribution in [0, 0.1) is 6.92 Å². The van der Waals surface area contributed by atoms with E-state index in [9.17, 15) is 0 Å². The van der Waals surface area contributed by atoms with Gasteiger partial charge in [-0.05, 0) is 25.5 Å². The molecule has 2 rings (SSSR count). The van der Waals surface area contributed by atoms with Crippen molar-refractivity contribution in [2.75, 3.05) is 13.7 Å². The monoisotopic (exact) mass is 358 g/mol. The maximum atomic E-state index is 5.79. The van der Waals surface area contributed by atoms with Crippen LogP contribution in [-0.4, -0.2) is 24.6 Å².